The third kappa shape index (κ3) is 4.63. The molecule has 0 spiro atoms. The Morgan fingerprint density at radius 2 is 1.83 bits per heavy atom. The molecule has 1 amide bonds. The van der Waals surface area contributed by atoms with E-state index in [0.717, 1.165) is 10.8 Å². The fourth-order valence-electron chi connectivity index (χ4n) is 4.18. The SMILES string of the molecule is C=CC(=O)N1CCN(c2ncnc3c(F)c(-c4cccc5cccc(Cl)c45)ncc23)CC1.CC#N. The lowest BCUT2D eigenvalue weighted by molar-refractivity contribution is -0.126. The number of pyridine rings is 1. The van der Waals surface area contributed by atoms with Crippen LogP contribution in [-0.2, 0) is 4.79 Å². The fourth-order valence-corrected chi connectivity index (χ4v) is 4.46. The van der Waals surface area contributed by atoms with Crippen molar-refractivity contribution in [1.29, 1.82) is 5.26 Å². The summed E-state index contributed by atoms with van der Waals surface area (Å²) in [5, 5.41) is 10.0. The van der Waals surface area contributed by atoms with Crippen LogP contribution in [0.15, 0.2) is 61.6 Å². The van der Waals surface area contributed by atoms with E-state index in [4.69, 9.17) is 16.9 Å². The first-order valence-corrected chi connectivity index (χ1v) is 11.3. The van der Waals surface area contributed by atoms with Crippen LogP contribution in [0.5, 0.6) is 0 Å². The highest BCUT2D eigenvalue weighted by Crippen LogP contribution is 2.36. The number of amides is 1. The van der Waals surface area contributed by atoms with Crippen molar-refractivity contribution in [2.45, 2.75) is 6.92 Å². The van der Waals surface area contributed by atoms with Gasteiger partial charge in [0.15, 0.2) is 5.82 Å². The molecule has 1 saturated heterocycles. The quantitative estimate of drug-likeness (QED) is 0.377. The van der Waals surface area contributed by atoms with Crippen molar-refractivity contribution in [2.75, 3.05) is 31.1 Å². The molecule has 0 unspecified atom stereocenters. The molecular weight excluding hydrogens is 467 g/mol. The van der Waals surface area contributed by atoms with E-state index >= 15 is 4.39 Å². The summed E-state index contributed by atoms with van der Waals surface area (Å²) in [5.41, 5.74) is 1.01. The van der Waals surface area contributed by atoms with E-state index in [-0.39, 0.29) is 17.1 Å². The Bertz CT molecular complexity index is 1450. The Morgan fingerprint density at radius 3 is 2.51 bits per heavy atom. The lowest BCUT2D eigenvalue weighted by Crippen LogP contribution is -2.48. The zero-order valence-corrected chi connectivity index (χ0v) is 19.8. The van der Waals surface area contributed by atoms with Gasteiger partial charge in [0.05, 0.1) is 11.5 Å². The van der Waals surface area contributed by atoms with Gasteiger partial charge >= 0.3 is 0 Å². The van der Waals surface area contributed by atoms with Crippen molar-refractivity contribution in [2.24, 2.45) is 0 Å². The second-order valence-electron chi connectivity index (χ2n) is 7.76. The van der Waals surface area contributed by atoms with E-state index < -0.39 is 5.82 Å². The van der Waals surface area contributed by atoms with Crippen LogP contribution in [0.2, 0.25) is 5.02 Å². The molecule has 9 heteroatoms. The molecule has 0 atom stereocenters. The Morgan fingerprint density at radius 1 is 1.14 bits per heavy atom. The van der Waals surface area contributed by atoms with Crippen molar-refractivity contribution >= 4 is 45.0 Å². The predicted octanol–water partition coefficient (Wildman–Crippen LogP) is 5.00. The molecular formula is C26H22ClFN6O. The number of halogens is 2. The summed E-state index contributed by atoms with van der Waals surface area (Å²) in [6.45, 7) is 7.20. The molecule has 0 bridgehead atoms. The van der Waals surface area contributed by atoms with Crippen molar-refractivity contribution < 1.29 is 9.18 Å². The van der Waals surface area contributed by atoms with Gasteiger partial charge in [-0.05, 0) is 17.5 Å². The monoisotopic (exact) mass is 488 g/mol. The number of nitriles is 1. The molecule has 2 aromatic carbocycles. The highest BCUT2D eigenvalue weighted by atomic mass is 35.5. The van der Waals surface area contributed by atoms with Gasteiger partial charge in [-0.25, -0.2) is 14.4 Å². The largest absolute Gasteiger partial charge is 0.352 e. The Hall–Kier alpha value is -4.09. The lowest BCUT2D eigenvalue weighted by atomic mass is 10.0. The van der Waals surface area contributed by atoms with Gasteiger partial charge in [-0.1, -0.05) is 48.5 Å². The average molecular weight is 489 g/mol. The summed E-state index contributed by atoms with van der Waals surface area (Å²) in [5.74, 6) is -0.00283. The fraction of sp³-hybridized carbons (Fsp3) is 0.192. The number of carbonyl (C=O) groups is 1. The molecule has 7 nitrogen and oxygen atoms in total. The minimum Gasteiger partial charge on any atom is -0.352 e. The first kappa shape index (κ1) is 24.0. The van der Waals surface area contributed by atoms with Gasteiger partial charge in [0, 0.05) is 55.3 Å². The molecule has 3 heterocycles. The Balaban J connectivity index is 0.000000917. The summed E-state index contributed by atoms with van der Waals surface area (Å²) >= 11 is 6.44. The zero-order valence-electron chi connectivity index (χ0n) is 19.1. The van der Waals surface area contributed by atoms with Gasteiger partial charge < -0.3 is 9.80 Å². The number of rotatable bonds is 3. The molecule has 1 aliphatic rings. The summed E-state index contributed by atoms with van der Waals surface area (Å²) in [6, 6.07) is 12.9. The highest BCUT2D eigenvalue weighted by molar-refractivity contribution is 6.36. The van der Waals surface area contributed by atoms with Crippen LogP contribution < -0.4 is 4.90 Å². The first-order valence-electron chi connectivity index (χ1n) is 10.9. The van der Waals surface area contributed by atoms with Crippen LogP contribution in [0.1, 0.15) is 6.92 Å². The van der Waals surface area contributed by atoms with E-state index in [1.54, 1.807) is 23.2 Å². The van der Waals surface area contributed by atoms with E-state index in [2.05, 4.69) is 21.5 Å². The summed E-state index contributed by atoms with van der Waals surface area (Å²) in [6.07, 6.45) is 4.29. The molecule has 176 valence electrons. The molecule has 0 N–H and O–H groups in total. The predicted molar refractivity (Wildman–Crippen MR) is 136 cm³/mol. The first-order chi connectivity index (χ1) is 17.0. The van der Waals surface area contributed by atoms with Gasteiger partial charge in [-0.3, -0.25) is 9.78 Å². The maximum absolute atomic E-state index is 15.7. The van der Waals surface area contributed by atoms with Gasteiger partial charge in [-0.15, -0.1) is 0 Å². The second-order valence-corrected chi connectivity index (χ2v) is 8.17. The molecule has 1 aliphatic heterocycles. The van der Waals surface area contributed by atoms with Crippen LogP contribution >= 0.6 is 11.6 Å². The molecule has 0 radical (unpaired) electrons. The van der Waals surface area contributed by atoms with Gasteiger partial charge in [-0.2, -0.15) is 5.26 Å². The number of carbonyl (C=O) groups excluding carboxylic acids is 1. The summed E-state index contributed by atoms with van der Waals surface area (Å²) in [7, 11) is 0. The van der Waals surface area contributed by atoms with Crippen LogP contribution in [0.3, 0.4) is 0 Å². The molecule has 2 aromatic heterocycles. The van der Waals surface area contributed by atoms with E-state index in [1.165, 1.54) is 19.3 Å². The molecule has 5 rings (SSSR count). The highest BCUT2D eigenvalue weighted by Gasteiger charge is 2.24. The number of anilines is 1. The minimum atomic E-state index is -0.515. The van der Waals surface area contributed by atoms with E-state index in [1.807, 2.05) is 35.2 Å². The molecule has 35 heavy (non-hydrogen) atoms. The normalized spacial score (nSPS) is 13.2. The van der Waals surface area contributed by atoms with Gasteiger partial charge in [0.1, 0.15) is 23.4 Å². The average Bonchev–Trinajstić information content (AvgIpc) is 2.89. The number of hydrogen-bond donors (Lipinski definition) is 0. The van der Waals surface area contributed by atoms with Crippen LogP contribution in [0.25, 0.3) is 32.9 Å². The van der Waals surface area contributed by atoms with Crippen molar-refractivity contribution in [3.63, 3.8) is 0 Å². The zero-order chi connectivity index (χ0) is 24.9. The maximum Gasteiger partial charge on any atom is 0.246 e. The summed E-state index contributed by atoms with van der Waals surface area (Å²) < 4.78 is 15.7. The number of nitrogens with zero attached hydrogens (tertiary/aromatic N) is 6. The van der Waals surface area contributed by atoms with Crippen molar-refractivity contribution in [3.05, 3.63) is 72.4 Å². The second kappa shape index (κ2) is 10.5. The molecule has 1 fully saturated rings. The molecule has 4 aromatic rings. The Labute approximate surface area is 207 Å². The maximum atomic E-state index is 15.7. The van der Waals surface area contributed by atoms with Crippen molar-refractivity contribution in [1.82, 2.24) is 19.9 Å². The van der Waals surface area contributed by atoms with Gasteiger partial charge in [0.25, 0.3) is 0 Å². The number of benzene rings is 2. The van der Waals surface area contributed by atoms with Crippen LogP contribution in [0, 0.1) is 17.1 Å². The van der Waals surface area contributed by atoms with Crippen molar-refractivity contribution in [3.8, 4) is 17.3 Å². The van der Waals surface area contributed by atoms with Gasteiger partial charge in [0.2, 0.25) is 5.91 Å². The third-order valence-electron chi connectivity index (χ3n) is 5.78. The molecule has 0 saturated carbocycles. The number of aromatic nitrogens is 3. The smallest absolute Gasteiger partial charge is 0.246 e. The lowest BCUT2D eigenvalue weighted by Gasteiger charge is -2.35. The van der Waals surface area contributed by atoms with E-state index in [0.29, 0.717) is 48.0 Å². The third-order valence-corrected chi connectivity index (χ3v) is 6.09. The minimum absolute atomic E-state index is 0.0942. The number of fused-ring (bicyclic) bond motifs is 2. The topological polar surface area (TPSA) is 86.0 Å². The number of hydrogen-bond acceptors (Lipinski definition) is 6. The standard InChI is InChI=1S/C24H19ClFN5O.C2H3N/c1-2-19(32)30-9-11-31(12-10-30)24-17-13-27-22(21(26)23(17)28-14-29-24)16-7-3-5-15-6-4-8-18(25)20(15)16;1-2-3/h2-8,13-14H,1,9-12H2;1H3. The van der Waals surface area contributed by atoms with Crippen LogP contribution in [0.4, 0.5) is 10.2 Å². The van der Waals surface area contributed by atoms with E-state index in [9.17, 15) is 4.79 Å². The summed E-state index contributed by atoms with van der Waals surface area (Å²) in [4.78, 5) is 28.7. The van der Waals surface area contributed by atoms with Crippen LogP contribution in [-0.4, -0.2) is 51.9 Å². The molecule has 0 aliphatic carbocycles. The number of piperazine rings is 1. The Kier molecular flexibility index (Phi) is 7.18.